The zero-order valence-corrected chi connectivity index (χ0v) is 9.91. The standard InChI is InChI=1S/C11H13N5O2/c1-6-9(14-11(18)13-6)10(17)16-4-2-3-7-8(16)5-12-15-7/h5H,2-4H2,1H3,(H,12,15)(H2,13,14,18). The number of aryl methyl sites for hydroxylation is 2. The van der Waals surface area contributed by atoms with Crippen molar-refractivity contribution in [3.8, 4) is 0 Å². The summed E-state index contributed by atoms with van der Waals surface area (Å²) in [7, 11) is 0. The van der Waals surface area contributed by atoms with Gasteiger partial charge in [0, 0.05) is 12.2 Å². The summed E-state index contributed by atoms with van der Waals surface area (Å²) in [4.78, 5) is 30.3. The molecule has 0 unspecified atom stereocenters. The first kappa shape index (κ1) is 10.8. The van der Waals surface area contributed by atoms with E-state index in [0.29, 0.717) is 17.9 Å². The van der Waals surface area contributed by atoms with Gasteiger partial charge in [-0.25, -0.2) is 4.79 Å². The van der Waals surface area contributed by atoms with E-state index in [0.717, 1.165) is 24.2 Å². The molecular weight excluding hydrogens is 234 g/mol. The summed E-state index contributed by atoms with van der Waals surface area (Å²) in [5.41, 5.74) is 2.27. The van der Waals surface area contributed by atoms with Crippen LogP contribution in [-0.2, 0) is 6.42 Å². The first-order chi connectivity index (χ1) is 8.66. The predicted molar refractivity (Wildman–Crippen MR) is 64.7 cm³/mol. The lowest BCUT2D eigenvalue weighted by molar-refractivity contribution is 0.0980. The predicted octanol–water partition coefficient (Wildman–Crippen LogP) is 0.328. The summed E-state index contributed by atoms with van der Waals surface area (Å²) in [6.07, 6.45) is 3.42. The Morgan fingerprint density at radius 3 is 3.00 bits per heavy atom. The number of anilines is 1. The van der Waals surface area contributed by atoms with Crippen molar-refractivity contribution in [3.05, 3.63) is 33.8 Å². The number of H-pyrrole nitrogens is 3. The molecule has 2 aromatic heterocycles. The Morgan fingerprint density at radius 2 is 2.28 bits per heavy atom. The molecule has 0 fully saturated rings. The second-order valence-electron chi connectivity index (χ2n) is 4.37. The highest BCUT2D eigenvalue weighted by atomic mass is 16.2. The van der Waals surface area contributed by atoms with Gasteiger partial charge in [-0.1, -0.05) is 0 Å². The first-order valence-corrected chi connectivity index (χ1v) is 5.80. The fraction of sp³-hybridized carbons (Fsp3) is 0.364. The van der Waals surface area contributed by atoms with Crippen LogP contribution in [0, 0.1) is 6.92 Å². The van der Waals surface area contributed by atoms with Gasteiger partial charge in [-0.2, -0.15) is 5.10 Å². The second kappa shape index (κ2) is 3.86. The molecule has 1 aliphatic heterocycles. The highest BCUT2D eigenvalue weighted by Crippen LogP contribution is 2.26. The van der Waals surface area contributed by atoms with Gasteiger partial charge < -0.3 is 14.9 Å². The van der Waals surface area contributed by atoms with Crippen molar-refractivity contribution in [3.63, 3.8) is 0 Å². The van der Waals surface area contributed by atoms with Crippen LogP contribution in [0.1, 0.15) is 28.3 Å². The molecular formula is C11H13N5O2. The number of nitrogens with zero attached hydrogens (tertiary/aromatic N) is 2. The fourth-order valence-corrected chi connectivity index (χ4v) is 2.29. The average Bonchev–Trinajstić information content (AvgIpc) is 2.94. The average molecular weight is 247 g/mol. The van der Waals surface area contributed by atoms with Crippen LogP contribution in [-0.4, -0.2) is 32.6 Å². The third kappa shape index (κ3) is 1.55. The Morgan fingerprint density at radius 1 is 1.44 bits per heavy atom. The highest BCUT2D eigenvalue weighted by molar-refractivity contribution is 6.05. The van der Waals surface area contributed by atoms with Crippen LogP contribution in [0.25, 0.3) is 0 Å². The lowest BCUT2D eigenvalue weighted by atomic mass is 10.1. The van der Waals surface area contributed by atoms with Crippen molar-refractivity contribution in [2.75, 3.05) is 11.4 Å². The van der Waals surface area contributed by atoms with E-state index in [1.54, 1.807) is 18.0 Å². The molecule has 3 rings (SSSR count). The summed E-state index contributed by atoms with van der Waals surface area (Å²) in [5, 5.41) is 6.85. The third-order valence-electron chi connectivity index (χ3n) is 3.17. The van der Waals surface area contributed by atoms with E-state index in [4.69, 9.17) is 0 Å². The molecule has 94 valence electrons. The van der Waals surface area contributed by atoms with Gasteiger partial charge in [-0.3, -0.25) is 9.89 Å². The van der Waals surface area contributed by atoms with Crippen molar-refractivity contribution in [2.45, 2.75) is 19.8 Å². The number of carbonyl (C=O) groups excluding carboxylic acids is 1. The topological polar surface area (TPSA) is 97.6 Å². The summed E-state index contributed by atoms with van der Waals surface area (Å²) in [5.74, 6) is -0.201. The van der Waals surface area contributed by atoms with Crippen LogP contribution in [0.5, 0.6) is 0 Å². The number of hydrogen-bond acceptors (Lipinski definition) is 3. The van der Waals surface area contributed by atoms with Gasteiger partial charge in [0.1, 0.15) is 5.69 Å². The molecule has 0 aromatic carbocycles. The Balaban J connectivity index is 2.00. The molecule has 0 saturated heterocycles. The zero-order valence-electron chi connectivity index (χ0n) is 9.91. The van der Waals surface area contributed by atoms with Crippen molar-refractivity contribution < 1.29 is 4.79 Å². The van der Waals surface area contributed by atoms with E-state index in [1.165, 1.54) is 0 Å². The lowest BCUT2D eigenvalue weighted by Gasteiger charge is -2.25. The molecule has 0 aliphatic carbocycles. The summed E-state index contributed by atoms with van der Waals surface area (Å²) >= 11 is 0. The molecule has 0 saturated carbocycles. The maximum Gasteiger partial charge on any atom is 0.323 e. The van der Waals surface area contributed by atoms with Crippen molar-refractivity contribution in [2.24, 2.45) is 0 Å². The molecule has 7 heteroatoms. The van der Waals surface area contributed by atoms with E-state index >= 15 is 0 Å². The Bertz CT molecular complexity index is 650. The summed E-state index contributed by atoms with van der Waals surface area (Å²) < 4.78 is 0. The van der Waals surface area contributed by atoms with E-state index in [-0.39, 0.29) is 11.6 Å². The quantitative estimate of drug-likeness (QED) is 0.677. The van der Waals surface area contributed by atoms with Crippen LogP contribution >= 0.6 is 0 Å². The third-order valence-corrected chi connectivity index (χ3v) is 3.17. The molecule has 1 aliphatic rings. The smallest absolute Gasteiger partial charge is 0.309 e. The van der Waals surface area contributed by atoms with Gasteiger partial charge in [0.15, 0.2) is 0 Å². The maximum absolute atomic E-state index is 12.4. The lowest BCUT2D eigenvalue weighted by Crippen LogP contribution is -2.35. The number of imidazole rings is 1. The fourth-order valence-electron chi connectivity index (χ4n) is 2.29. The van der Waals surface area contributed by atoms with Gasteiger partial charge in [-0.15, -0.1) is 0 Å². The van der Waals surface area contributed by atoms with Crippen molar-refractivity contribution in [1.82, 2.24) is 20.2 Å². The molecule has 0 atom stereocenters. The zero-order chi connectivity index (χ0) is 12.7. The number of nitrogens with one attached hydrogen (secondary N) is 3. The molecule has 0 radical (unpaired) electrons. The normalized spacial score (nSPS) is 14.6. The van der Waals surface area contributed by atoms with Gasteiger partial charge >= 0.3 is 5.69 Å². The van der Waals surface area contributed by atoms with Gasteiger partial charge in [0.2, 0.25) is 0 Å². The Kier molecular flexibility index (Phi) is 2.32. The largest absolute Gasteiger partial charge is 0.323 e. The molecule has 18 heavy (non-hydrogen) atoms. The molecule has 7 nitrogen and oxygen atoms in total. The van der Waals surface area contributed by atoms with E-state index in [1.807, 2.05) is 0 Å². The van der Waals surface area contributed by atoms with Crippen LogP contribution < -0.4 is 10.6 Å². The Hall–Kier alpha value is -2.31. The van der Waals surface area contributed by atoms with E-state index in [2.05, 4.69) is 20.2 Å². The molecule has 1 amide bonds. The molecule has 3 N–H and O–H groups in total. The highest BCUT2D eigenvalue weighted by Gasteiger charge is 2.27. The monoisotopic (exact) mass is 247 g/mol. The maximum atomic E-state index is 12.4. The molecule has 2 aromatic rings. The van der Waals surface area contributed by atoms with Gasteiger partial charge in [0.25, 0.3) is 5.91 Å². The minimum absolute atomic E-state index is 0.201. The Labute approximate surface area is 102 Å². The summed E-state index contributed by atoms with van der Waals surface area (Å²) in [6.45, 7) is 2.34. The molecule has 0 spiro atoms. The van der Waals surface area contributed by atoms with Gasteiger partial charge in [0.05, 0.1) is 17.6 Å². The number of aromatic amines is 3. The molecule has 3 heterocycles. The van der Waals surface area contributed by atoms with Crippen LogP contribution in [0.15, 0.2) is 11.0 Å². The summed E-state index contributed by atoms with van der Waals surface area (Å²) in [6, 6.07) is 0. The minimum atomic E-state index is -0.361. The van der Waals surface area contributed by atoms with Crippen molar-refractivity contribution >= 4 is 11.6 Å². The van der Waals surface area contributed by atoms with Gasteiger partial charge in [-0.05, 0) is 19.8 Å². The van der Waals surface area contributed by atoms with E-state index in [9.17, 15) is 9.59 Å². The molecule has 0 bridgehead atoms. The number of aromatic nitrogens is 4. The number of hydrogen-bond donors (Lipinski definition) is 3. The van der Waals surface area contributed by atoms with Crippen LogP contribution in [0.4, 0.5) is 5.69 Å². The number of amides is 1. The number of fused-ring (bicyclic) bond motifs is 1. The van der Waals surface area contributed by atoms with Crippen molar-refractivity contribution in [1.29, 1.82) is 0 Å². The van der Waals surface area contributed by atoms with Crippen LogP contribution in [0.3, 0.4) is 0 Å². The van der Waals surface area contributed by atoms with E-state index < -0.39 is 0 Å². The van der Waals surface area contributed by atoms with Crippen LogP contribution in [0.2, 0.25) is 0 Å². The second-order valence-corrected chi connectivity index (χ2v) is 4.37. The number of rotatable bonds is 1. The number of carbonyl (C=O) groups is 1. The SMILES string of the molecule is Cc1[nH]c(=O)[nH]c1C(=O)N1CCCc2[nH]ncc21. The minimum Gasteiger partial charge on any atom is -0.309 e. The first-order valence-electron chi connectivity index (χ1n) is 5.80.